The van der Waals surface area contributed by atoms with Crippen LogP contribution < -0.4 is 10.1 Å². The number of methoxy groups -OCH3 is 1. The van der Waals surface area contributed by atoms with Gasteiger partial charge in [-0.3, -0.25) is 4.79 Å². The van der Waals surface area contributed by atoms with Crippen molar-refractivity contribution in [2.24, 2.45) is 0 Å². The summed E-state index contributed by atoms with van der Waals surface area (Å²) >= 11 is 6.84. The molecule has 1 N–H and O–H groups in total. The van der Waals surface area contributed by atoms with Crippen LogP contribution in [0.4, 0.5) is 10.1 Å². The molecular formula is C21H23FN2O5S2. The topological polar surface area (TPSA) is 77.1 Å². The zero-order valence-electron chi connectivity index (χ0n) is 17.4. The molecule has 0 spiro atoms. The van der Waals surface area contributed by atoms with E-state index < -0.39 is 11.8 Å². The molecule has 0 aliphatic carbocycles. The highest BCUT2D eigenvalue weighted by Gasteiger charge is 2.25. The number of hydrogen-bond acceptors (Lipinski definition) is 7. The van der Waals surface area contributed by atoms with Gasteiger partial charge in [0, 0.05) is 19.2 Å². The van der Waals surface area contributed by atoms with Gasteiger partial charge in [-0.1, -0.05) is 0 Å². The maximum atomic E-state index is 14.0. The number of rotatable bonds is 6. The maximum absolute atomic E-state index is 14.0. The third-order valence-electron chi connectivity index (χ3n) is 4.76. The van der Waals surface area contributed by atoms with Crippen molar-refractivity contribution < 1.29 is 28.2 Å². The molecule has 1 fully saturated rings. The van der Waals surface area contributed by atoms with Crippen LogP contribution in [0.15, 0.2) is 23.6 Å². The van der Waals surface area contributed by atoms with Gasteiger partial charge >= 0.3 is 5.97 Å². The smallest absolute Gasteiger partial charge is 0.350 e. The first-order valence-electron chi connectivity index (χ1n) is 9.57. The Balaban J connectivity index is 1.59. The normalized spacial score (nSPS) is 16.0. The number of ketones is 1. The van der Waals surface area contributed by atoms with Gasteiger partial charge in [-0.05, 0) is 49.1 Å². The number of nitrogens with one attached hydrogen (secondary N) is 1. The van der Waals surface area contributed by atoms with E-state index >= 15 is 0 Å². The van der Waals surface area contributed by atoms with E-state index in [-0.39, 0.29) is 24.1 Å². The SMILES string of the molecule is COC(=O)c1scc(C)c1NC(=S)N1CCOC(COc2ccc(C(C)=O)c(F)c2)C1. The van der Waals surface area contributed by atoms with Crippen LogP contribution >= 0.6 is 23.6 Å². The molecular weight excluding hydrogens is 443 g/mol. The van der Waals surface area contributed by atoms with Crippen molar-refractivity contribution in [1.29, 1.82) is 0 Å². The lowest BCUT2D eigenvalue weighted by atomic mass is 10.1. The number of aryl methyl sites for hydroxylation is 1. The minimum absolute atomic E-state index is 0.0268. The first kappa shape index (κ1) is 23.1. The largest absolute Gasteiger partial charge is 0.491 e. The van der Waals surface area contributed by atoms with Crippen molar-refractivity contribution in [2.75, 3.05) is 38.7 Å². The molecule has 1 aromatic carbocycles. The molecule has 0 amide bonds. The number of ether oxygens (including phenoxy) is 3. The summed E-state index contributed by atoms with van der Waals surface area (Å²) in [6.45, 7) is 4.90. The Kier molecular flexibility index (Phi) is 7.58. The van der Waals surface area contributed by atoms with E-state index in [9.17, 15) is 14.0 Å². The van der Waals surface area contributed by atoms with E-state index in [1.807, 2.05) is 17.2 Å². The van der Waals surface area contributed by atoms with E-state index in [1.54, 1.807) is 6.07 Å². The summed E-state index contributed by atoms with van der Waals surface area (Å²) < 4.78 is 30.2. The molecule has 31 heavy (non-hydrogen) atoms. The number of carbonyl (C=O) groups is 2. The van der Waals surface area contributed by atoms with Gasteiger partial charge < -0.3 is 24.4 Å². The van der Waals surface area contributed by atoms with Crippen LogP contribution in [0.1, 0.15) is 32.5 Å². The molecule has 2 aromatic rings. The molecule has 0 bridgehead atoms. The number of benzene rings is 1. The average molecular weight is 467 g/mol. The molecule has 0 saturated carbocycles. The lowest BCUT2D eigenvalue weighted by Crippen LogP contribution is -2.49. The molecule has 10 heteroatoms. The van der Waals surface area contributed by atoms with Gasteiger partial charge in [-0.15, -0.1) is 11.3 Å². The first-order valence-corrected chi connectivity index (χ1v) is 10.9. The van der Waals surface area contributed by atoms with E-state index in [0.29, 0.717) is 41.1 Å². The summed E-state index contributed by atoms with van der Waals surface area (Å²) in [5.74, 6) is -1.05. The van der Waals surface area contributed by atoms with Crippen LogP contribution in [0.2, 0.25) is 0 Å². The second-order valence-corrected chi connectivity index (χ2v) is 8.26. The number of carbonyl (C=O) groups excluding carboxylic acids is 2. The number of morpholine rings is 1. The van der Waals surface area contributed by atoms with Crippen molar-refractivity contribution in [3.8, 4) is 5.75 Å². The highest BCUT2D eigenvalue weighted by molar-refractivity contribution is 7.80. The zero-order valence-corrected chi connectivity index (χ0v) is 19.0. The zero-order chi connectivity index (χ0) is 22.5. The van der Waals surface area contributed by atoms with Crippen molar-refractivity contribution in [2.45, 2.75) is 20.0 Å². The fourth-order valence-electron chi connectivity index (χ4n) is 3.09. The van der Waals surface area contributed by atoms with E-state index in [2.05, 4.69) is 5.32 Å². The van der Waals surface area contributed by atoms with E-state index in [0.717, 1.165) is 5.56 Å². The number of thiophene rings is 1. The number of thiocarbonyl (C=S) groups is 1. The van der Waals surface area contributed by atoms with Crippen LogP contribution in [0.25, 0.3) is 0 Å². The van der Waals surface area contributed by atoms with Crippen LogP contribution in [0, 0.1) is 12.7 Å². The van der Waals surface area contributed by atoms with Crippen molar-refractivity contribution in [3.05, 3.63) is 45.4 Å². The standard InChI is InChI=1S/C21H23FN2O5S2/c1-12-11-31-19(20(26)27-3)18(12)23-21(30)24-6-7-28-15(9-24)10-29-14-4-5-16(13(2)25)17(22)8-14/h4-5,8,11,15H,6-7,9-10H2,1-3H3,(H,23,30). The van der Waals surface area contributed by atoms with Crippen molar-refractivity contribution in [3.63, 3.8) is 0 Å². The molecule has 3 rings (SSSR count). The second-order valence-electron chi connectivity index (χ2n) is 6.99. The summed E-state index contributed by atoms with van der Waals surface area (Å²) in [6.07, 6.45) is -0.285. The molecule has 7 nitrogen and oxygen atoms in total. The van der Waals surface area contributed by atoms with Crippen molar-refractivity contribution >= 4 is 46.1 Å². The second kappa shape index (κ2) is 10.2. The summed E-state index contributed by atoms with van der Waals surface area (Å²) in [4.78, 5) is 25.7. The molecule has 166 valence electrons. The van der Waals surface area contributed by atoms with E-state index in [4.69, 9.17) is 26.4 Å². The molecule has 1 aromatic heterocycles. The number of nitrogens with zero attached hydrogens (tertiary/aromatic N) is 1. The average Bonchev–Trinajstić information content (AvgIpc) is 3.11. The van der Waals surface area contributed by atoms with Crippen LogP contribution in [0.5, 0.6) is 5.75 Å². The van der Waals surface area contributed by atoms with E-state index in [1.165, 1.54) is 37.5 Å². The Bertz CT molecular complexity index is 994. The minimum Gasteiger partial charge on any atom is -0.491 e. The van der Waals surface area contributed by atoms with Crippen molar-refractivity contribution in [1.82, 2.24) is 4.90 Å². The molecule has 0 radical (unpaired) electrons. The van der Waals surface area contributed by atoms with Gasteiger partial charge in [0.1, 0.15) is 29.2 Å². The van der Waals surface area contributed by atoms with Gasteiger partial charge in [0.05, 0.1) is 25.0 Å². The fraction of sp³-hybridized carbons (Fsp3) is 0.381. The lowest BCUT2D eigenvalue weighted by molar-refractivity contribution is -0.0280. The number of anilines is 1. The van der Waals surface area contributed by atoms with Crippen LogP contribution in [-0.4, -0.2) is 61.3 Å². The minimum atomic E-state index is -0.617. The molecule has 2 heterocycles. The summed E-state index contributed by atoms with van der Waals surface area (Å²) in [5, 5.41) is 5.49. The number of esters is 1. The lowest BCUT2D eigenvalue weighted by Gasteiger charge is -2.34. The fourth-order valence-corrected chi connectivity index (χ4v) is 4.28. The number of hydrogen-bond donors (Lipinski definition) is 1. The highest BCUT2D eigenvalue weighted by Crippen LogP contribution is 2.29. The quantitative estimate of drug-likeness (QED) is 0.393. The Morgan fingerprint density at radius 1 is 1.42 bits per heavy atom. The third-order valence-corrected chi connectivity index (χ3v) is 6.20. The van der Waals surface area contributed by atoms with Crippen LogP contribution in [0.3, 0.4) is 0 Å². The molecule has 1 aliphatic rings. The maximum Gasteiger partial charge on any atom is 0.350 e. The monoisotopic (exact) mass is 466 g/mol. The summed E-state index contributed by atoms with van der Waals surface area (Å²) in [5.41, 5.74) is 1.57. The van der Waals surface area contributed by atoms with Crippen LogP contribution in [-0.2, 0) is 9.47 Å². The molecule has 1 saturated heterocycles. The summed E-state index contributed by atoms with van der Waals surface area (Å²) in [6, 6.07) is 4.15. The molecule has 1 aliphatic heterocycles. The molecule has 1 atom stereocenters. The van der Waals surface area contributed by atoms with Gasteiger partial charge in [-0.25, -0.2) is 9.18 Å². The number of halogens is 1. The van der Waals surface area contributed by atoms with Gasteiger partial charge in [-0.2, -0.15) is 0 Å². The predicted octanol–water partition coefficient (Wildman–Crippen LogP) is 3.66. The Labute approximate surface area is 189 Å². The van der Waals surface area contributed by atoms with Gasteiger partial charge in [0.25, 0.3) is 0 Å². The highest BCUT2D eigenvalue weighted by atomic mass is 32.1. The Morgan fingerprint density at radius 2 is 2.19 bits per heavy atom. The summed E-state index contributed by atoms with van der Waals surface area (Å²) in [7, 11) is 1.34. The Morgan fingerprint density at radius 3 is 2.87 bits per heavy atom. The van der Waals surface area contributed by atoms with Gasteiger partial charge in [0.2, 0.25) is 0 Å². The first-order chi connectivity index (χ1) is 14.8. The Hall–Kier alpha value is -2.56. The number of Topliss-reactive ketones (excluding diaryl/α,β-unsaturated/α-hetero) is 1. The van der Waals surface area contributed by atoms with Gasteiger partial charge in [0.15, 0.2) is 10.9 Å². The molecule has 1 unspecified atom stereocenters. The third kappa shape index (κ3) is 5.57. The predicted molar refractivity (Wildman–Crippen MR) is 120 cm³/mol.